The van der Waals surface area contributed by atoms with Crippen LogP contribution in [0.5, 0.6) is 0 Å². The molecule has 2 nitrogen and oxygen atoms in total. The van der Waals surface area contributed by atoms with Crippen molar-refractivity contribution < 1.29 is 4.74 Å². The van der Waals surface area contributed by atoms with Crippen molar-refractivity contribution in [2.45, 2.75) is 51.0 Å². The highest BCUT2D eigenvalue weighted by Crippen LogP contribution is 2.37. The van der Waals surface area contributed by atoms with Gasteiger partial charge in [-0.1, -0.05) is 31.2 Å². The van der Waals surface area contributed by atoms with Gasteiger partial charge in [-0.15, -0.1) is 0 Å². The third-order valence-electron chi connectivity index (χ3n) is 4.47. The van der Waals surface area contributed by atoms with Crippen LogP contribution in [-0.2, 0) is 11.2 Å². The number of fused-ring (bicyclic) bond motifs is 1. The number of ether oxygens (including phenoxy) is 1. The zero-order valence-electron chi connectivity index (χ0n) is 12.4. The Kier molecular flexibility index (Phi) is 4.41. The van der Waals surface area contributed by atoms with Crippen LogP contribution in [0.3, 0.4) is 0 Å². The van der Waals surface area contributed by atoms with E-state index in [0.29, 0.717) is 12.0 Å². The average Bonchev–Trinajstić information content (AvgIpc) is 3.02. The molecule has 0 aromatic heterocycles. The normalized spacial score (nSPS) is 22.9. The Morgan fingerprint density at radius 1 is 1.35 bits per heavy atom. The molecule has 0 radical (unpaired) electrons. The average molecular weight is 271 g/mol. The Balaban J connectivity index is 1.87. The fourth-order valence-corrected chi connectivity index (χ4v) is 3.53. The van der Waals surface area contributed by atoms with Crippen molar-refractivity contribution in [1.82, 2.24) is 5.32 Å². The minimum atomic E-state index is 0.360. The lowest BCUT2D eigenvalue weighted by atomic mass is 9.78. The summed E-state index contributed by atoms with van der Waals surface area (Å²) >= 11 is 0. The van der Waals surface area contributed by atoms with Gasteiger partial charge in [0.15, 0.2) is 0 Å². The van der Waals surface area contributed by atoms with Gasteiger partial charge in [-0.05, 0) is 49.4 Å². The Labute approximate surface area is 122 Å². The zero-order valence-corrected chi connectivity index (χ0v) is 12.4. The first-order valence-electron chi connectivity index (χ1n) is 8.04. The zero-order chi connectivity index (χ0) is 13.8. The van der Waals surface area contributed by atoms with Gasteiger partial charge in [-0.3, -0.25) is 0 Å². The predicted octanol–water partition coefficient (Wildman–Crippen LogP) is 3.78. The fourth-order valence-electron chi connectivity index (χ4n) is 3.53. The lowest BCUT2D eigenvalue weighted by molar-refractivity contribution is 0.201. The molecule has 1 heterocycles. The van der Waals surface area contributed by atoms with Crippen molar-refractivity contribution in [3.05, 3.63) is 47.2 Å². The minimum absolute atomic E-state index is 0.360. The minimum Gasteiger partial charge on any atom is -0.496 e. The number of nitrogens with one attached hydrogen (secondary N) is 1. The molecule has 2 heteroatoms. The van der Waals surface area contributed by atoms with Gasteiger partial charge in [-0.25, -0.2) is 0 Å². The van der Waals surface area contributed by atoms with Crippen molar-refractivity contribution in [2.24, 2.45) is 0 Å². The lowest BCUT2D eigenvalue weighted by Gasteiger charge is -2.33. The highest BCUT2D eigenvalue weighted by Gasteiger charge is 2.31. The first-order valence-corrected chi connectivity index (χ1v) is 8.04. The molecule has 1 aliphatic carbocycles. The summed E-state index contributed by atoms with van der Waals surface area (Å²) in [7, 11) is 0. The molecule has 1 aromatic rings. The highest BCUT2D eigenvalue weighted by molar-refractivity contribution is 5.35. The summed E-state index contributed by atoms with van der Waals surface area (Å²) in [5, 5.41) is 3.73. The summed E-state index contributed by atoms with van der Waals surface area (Å²) < 4.78 is 5.88. The molecule has 0 saturated heterocycles. The SMILES string of the molecule is CCCNC(C1=CCCO1)C1CCCc2ccccc21. The molecule has 1 aromatic carbocycles. The summed E-state index contributed by atoms with van der Waals surface area (Å²) in [6.45, 7) is 4.14. The summed E-state index contributed by atoms with van der Waals surface area (Å²) in [6, 6.07) is 9.31. The van der Waals surface area contributed by atoms with Gasteiger partial charge in [0, 0.05) is 12.3 Å². The molecule has 2 atom stereocenters. The first kappa shape index (κ1) is 13.7. The van der Waals surface area contributed by atoms with Crippen LogP contribution in [0.15, 0.2) is 36.1 Å². The van der Waals surface area contributed by atoms with Gasteiger partial charge >= 0.3 is 0 Å². The molecule has 0 spiro atoms. The highest BCUT2D eigenvalue weighted by atomic mass is 16.5. The van der Waals surface area contributed by atoms with E-state index in [0.717, 1.165) is 26.0 Å². The van der Waals surface area contributed by atoms with Crippen molar-refractivity contribution in [3.8, 4) is 0 Å². The van der Waals surface area contributed by atoms with Crippen LogP contribution in [0.25, 0.3) is 0 Å². The standard InChI is InChI=1S/C18H25NO/c1-2-12-19-18(17-11-6-13-20-17)16-10-5-8-14-7-3-4-9-15(14)16/h3-4,7,9,11,16,18-19H,2,5-6,8,10,12-13H2,1H3. The van der Waals surface area contributed by atoms with Gasteiger partial charge in [0.05, 0.1) is 12.6 Å². The summed E-state index contributed by atoms with van der Waals surface area (Å²) in [6.07, 6.45) is 8.29. The van der Waals surface area contributed by atoms with Crippen LogP contribution in [-0.4, -0.2) is 19.2 Å². The monoisotopic (exact) mass is 271 g/mol. The van der Waals surface area contributed by atoms with E-state index < -0.39 is 0 Å². The van der Waals surface area contributed by atoms with Gasteiger partial charge in [0.1, 0.15) is 5.76 Å². The third-order valence-corrected chi connectivity index (χ3v) is 4.47. The molecule has 1 N–H and O–H groups in total. The molecule has 3 rings (SSSR count). The van der Waals surface area contributed by atoms with Gasteiger partial charge in [0.2, 0.25) is 0 Å². The predicted molar refractivity (Wildman–Crippen MR) is 82.9 cm³/mol. The summed E-state index contributed by atoms with van der Waals surface area (Å²) in [5.74, 6) is 1.75. The van der Waals surface area contributed by atoms with Crippen LogP contribution >= 0.6 is 0 Å². The number of aryl methyl sites for hydroxylation is 1. The lowest BCUT2D eigenvalue weighted by Crippen LogP contribution is -2.38. The van der Waals surface area contributed by atoms with E-state index in [9.17, 15) is 0 Å². The molecule has 0 saturated carbocycles. The molecule has 0 bridgehead atoms. The van der Waals surface area contributed by atoms with Gasteiger partial charge in [-0.2, -0.15) is 0 Å². The Hall–Kier alpha value is -1.28. The van der Waals surface area contributed by atoms with Crippen LogP contribution in [0.2, 0.25) is 0 Å². The topological polar surface area (TPSA) is 21.3 Å². The number of hydrogen-bond donors (Lipinski definition) is 1. The first-order chi connectivity index (χ1) is 9.90. The van der Waals surface area contributed by atoms with Crippen molar-refractivity contribution in [2.75, 3.05) is 13.2 Å². The fraction of sp³-hybridized carbons (Fsp3) is 0.556. The molecule has 108 valence electrons. The number of benzene rings is 1. The van der Waals surface area contributed by atoms with Gasteiger partial charge < -0.3 is 10.1 Å². The van der Waals surface area contributed by atoms with E-state index in [1.807, 2.05) is 0 Å². The van der Waals surface area contributed by atoms with Crippen LogP contribution in [0, 0.1) is 0 Å². The molecule has 2 unspecified atom stereocenters. The Bertz CT molecular complexity index is 480. The second-order valence-electron chi connectivity index (χ2n) is 5.87. The van der Waals surface area contributed by atoms with Crippen molar-refractivity contribution in [1.29, 1.82) is 0 Å². The quantitative estimate of drug-likeness (QED) is 0.880. The van der Waals surface area contributed by atoms with E-state index in [-0.39, 0.29) is 0 Å². The van der Waals surface area contributed by atoms with Crippen molar-refractivity contribution in [3.63, 3.8) is 0 Å². The molecule has 20 heavy (non-hydrogen) atoms. The maximum Gasteiger partial charge on any atom is 0.110 e. The molecule has 1 aliphatic heterocycles. The van der Waals surface area contributed by atoms with E-state index in [4.69, 9.17) is 4.74 Å². The second kappa shape index (κ2) is 6.45. The third kappa shape index (κ3) is 2.76. The summed E-state index contributed by atoms with van der Waals surface area (Å²) in [4.78, 5) is 0. The van der Waals surface area contributed by atoms with Crippen LogP contribution in [0.4, 0.5) is 0 Å². The summed E-state index contributed by atoms with van der Waals surface area (Å²) in [5.41, 5.74) is 3.06. The van der Waals surface area contributed by atoms with Crippen molar-refractivity contribution >= 4 is 0 Å². The molecule has 0 fully saturated rings. The molecule has 0 amide bonds. The number of rotatable bonds is 5. The molecule has 2 aliphatic rings. The maximum absolute atomic E-state index is 5.88. The van der Waals surface area contributed by atoms with Gasteiger partial charge in [0.25, 0.3) is 0 Å². The Morgan fingerprint density at radius 3 is 3.05 bits per heavy atom. The number of hydrogen-bond acceptors (Lipinski definition) is 2. The maximum atomic E-state index is 5.88. The smallest absolute Gasteiger partial charge is 0.110 e. The second-order valence-corrected chi connectivity index (χ2v) is 5.87. The largest absolute Gasteiger partial charge is 0.496 e. The van der Waals surface area contributed by atoms with E-state index >= 15 is 0 Å². The van der Waals surface area contributed by atoms with E-state index in [1.165, 1.54) is 36.1 Å². The van der Waals surface area contributed by atoms with E-state index in [1.54, 1.807) is 0 Å². The molecular weight excluding hydrogens is 246 g/mol. The van der Waals surface area contributed by atoms with E-state index in [2.05, 4.69) is 42.6 Å². The molecular formula is C18H25NO. The Morgan fingerprint density at radius 2 is 2.25 bits per heavy atom. The van der Waals surface area contributed by atoms with Crippen LogP contribution < -0.4 is 5.32 Å². The van der Waals surface area contributed by atoms with Crippen LogP contribution in [0.1, 0.15) is 49.7 Å².